The lowest BCUT2D eigenvalue weighted by Crippen LogP contribution is -2.46. The number of anilines is 2. The Labute approximate surface area is 164 Å². The number of carbonyl (C=O) groups excluding carboxylic acids is 2. The molecule has 4 N–H and O–H groups in total. The summed E-state index contributed by atoms with van der Waals surface area (Å²) >= 11 is 0. The van der Waals surface area contributed by atoms with Gasteiger partial charge in [0.15, 0.2) is 5.58 Å². The number of benzene rings is 1. The molecule has 0 fully saturated rings. The van der Waals surface area contributed by atoms with Crippen molar-refractivity contribution in [1.82, 2.24) is 10.3 Å². The predicted molar refractivity (Wildman–Crippen MR) is 107 cm³/mol. The van der Waals surface area contributed by atoms with Crippen molar-refractivity contribution in [1.29, 1.82) is 0 Å². The molecule has 0 radical (unpaired) electrons. The van der Waals surface area contributed by atoms with E-state index in [4.69, 9.17) is 10.2 Å². The van der Waals surface area contributed by atoms with E-state index in [1.165, 1.54) is 0 Å². The van der Waals surface area contributed by atoms with E-state index >= 15 is 0 Å². The Morgan fingerprint density at radius 3 is 2.50 bits per heavy atom. The van der Waals surface area contributed by atoms with Gasteiger partial charge in [0.05, 0.1) is 12.6 Å². The molecule has 0 saturated carbocycles. The van der Waals surface area contributed by atoms with Crippen molar-refractivity contribution >= 4 is 59.4 Å². The molecule has 0 aliphatic heterocycles. The molecule has 1 aromatic carbocycles. The van der Waals surface area contributed by atoms with E-state index in [-0.39, 0.29) is 49.1 Å². The first-order valence-electron chi connectivity index (χ1n) is 7.69. The van der Waals surface area contributed by atoms with Gasteiger partial charge in [-0.15, -0.1) is 24.8 Å². The number of hydrogen-bond acceptors (Lipinski definition) is 6. The van der Waals surface area contributed by atoms with Crippen molar-refractivity contribution < 1.29 is 14.0 Å². The Morgan fingerprint density at radius 1 is 1.27 bits per heavy atom. The fraction of sp³-hybridized carbons (Fsp3) is 0.438. The number of nitrogens with zero attached hydrogens (tertiary/aromatic N) is 2. The van der Waals surface area contributed by atoms with Crippen molar-refractivity contribution in [2.45, 2.75) is 19.9 Å². The summed E-state index contributed by atoms with van der Waals surface area (Å²) in [6.07, 6.45) is 0. The fourth-order valence-corrected chi connectivity index (χ4v) is 1.98. The lowest BCUT2D eigenvalue weighted by molar-refractivity contribution is -0.125. The maximum atomic E-state index is 11.9. The third kappa shape index (κ3) is 6.05. The Balaban J connectivity index is 0.00000312. The summed E-state index contributed by atoms with van der Waals surface area (Å²) in [5, 5.41) is 5.23. The molecule has 10 heteroatoms. The van der Waals surface area contributed by atoms with Crippen LogP contribution in [-0.2, 0) is 9.59 Å². The maximum absolute atomic E-state index is 11.9. The molecule has 1 atom stereocenters. The average Bonchev–Trinajstić information content (AvgIpc) is 2.95. The Bertz CT molecular complexity index is 749. The summed E-state index contributed by atoms with van der Waals surface area (Å²) in [6, 6.07) is 5.02. The molecule has 8 nitrogen and oxygen atoms in total. The standard InChI is InChI=1S/C16H23N5O3.2ClH/c1-9(2)14(17)15(23)18-8-13(22)19-10-5-6-12-11(7-10)20-16(24-12)21(3)4;;/h5-7,9,14H,8,17H2,1-4H3,(H,18,23)(H,19,22);2*1H/t14-;;/m0../s1. The number of rotatable bonds is 6. The maximum Gasteiger partial charge on any atom is 0.297 e. The van der Waals surface area contributed by atoms with Gasteiger partial charge >= 0.3 is 0 Å². The molecule has 2 amide bonds. The van der Waals surface area contributed by atoms with Crippen LogP contribution in [0.3, 0.4) is 0 Å². The zero-order chi connectivity index (χ0) is 17.9. The van der Waals surface area contributed by atoms with Gasteiger partial charge in [-0.2, -0.15) is 4.98 Å². The third-order valence-corrected chi connectivity index (χ3v) is 3.49. The molecule has 146 valence electrons. The van der Waals surface area contributed by atoms with Gasteiger partial charge in [-0.25, -0.2) is 0 Å². The zero-order valence-electron chi connectivity index (χ0n) is 15.1. The fourth-order valence-electron chi connectivity index (χ4n) is 1.98. The van der Waals surface area contributed by atoms with Crippen LogP contribution < -0.4 is 21.3 Å². The van der Waals surface area contributed by atoms with E-state index in [1.807, 2.05) is 27.9 Å². The molecule has 1 aromatic heterocycles. The second kappa shape index (κ2) is 10.2. The van der Waals surface area contributed by atoms with Crippen molar-refractivity contribution in [3.63, 3.8) is 0 Å². The minimum Gasteiger partial charge on any atom is -0.423 e. The molecule has 0 saturated heterocycles. The monoisotopic (exact) mass is 405 g/mol. The van der Waals surface area contributed by atoms with Crippen LogP contribution in [0.5, 0.6) is 0 Å². The SMILES string of the molecule is CC(C)[C@H](N)C(=O)NCC(=O)Nc1ccc2oc(N(C)C)nc2c1.Cl.Cl. The summed E-state index contributed by atoms with van der Waals surface area (Å²) in [4.78, 5) is 29.8. The third-order valence-electron chi connectivity index (χ3n) is 3.49. The Kier molecular flexibility index (Phi) is 9.40. The van der Waals surface area contributed by atoms with E-state index in [2.05, 4.69) is 15.6 Å². The predicted octanol–water partition coefficient (Wildman–Crippen LogP) is 1.78. The van der Waals surface area contributed by atoms with Gasteiger partial charge in [-0.3, -0.25) is 9.59 Å². The topological polar surface area (TPSA) is 113 Å². The zero-order valence-corrected chi connectivity index (χ0v) is 16.7. The number of hydrogen-bond donors (Lipinski definition) is 3. The lowest BCUT2D eigenvalue weighted by atomic mass is 10.1. The minimum atomic E-state index is -0.631. The normalized spacial score (nSPS) is 11.3. The quantitative estimate of drug-likeness (QED) is 0.674. The molecule has 2 rings (SSSR count). The molecule has 0 bridgehead atoms. The van der Waals surface area contributed by atoms with Gasteiger partial charge in [0, 0.05) is 19.8 Å². The number of aromatic nitrogens is 1. The van der Waals surface area contributed by atoms with Crippen LogP contribution in [0.2, 0.25) is 0 Å². The molecular weight excluding hydrogens is 381 g/mol. The van der Waals surface area contributed by atoms with Gasteiger partial charge in [-0.1, -0.05) is 13.8 Å². The van der Waals surface area contributed by atoms with Crippen LogP contribution in [0.25, 0.3) is 11.1 Å². The number of oxazole rings is 1. The summed E-state index contributed by atoms with van der Waals surface area (Å²) in [5.41, 5.74) is 7.57. The van der Waals surface area contributed by atoms with E-state index in [1.54, 1.807) is 23.1 Å². The number of fused-ring (bicyclic) bond motifs is 1. The molecule has 0 unspecified atom stereocenters. The van der Waals surface area contributed by atoms with Crippen molar-refractivity contribution in [3.8, 4) is 0 Å². The molecule has 1 heterocycles. The number of halogens is 2. The van der Waals surface area contributed by atoms with Crippen LogP contribution in [0.15, 0.2) is 22.6 Å². The smallest absolute Gasteiger partial charge is 0.297 e. The van der Waals surface area contributed by atoms with Gasteiger partial charge in [0.25, 0.3) is 6.01 Å². The highest BCUT2D eigenvalue weighted by atomic mass is 35.5. The van der Waals surface area contributed by atoms with Gasteiger partial charge in [-0.05, 0) is 24.1 Å². The molecule has 0 aliphatic carbocycles. The Morgan fingerprint density at radius 2 is 1.92 bits per heavy atom. The molecule has 0 aliphatic rings. The first kappa shape index (κ1) is 24.0. The first-order valence-corrected chi connectivity index (χ1v) is 7.69. The van der Waals surface area contributed by atoms with Crippen LogP contribution >= 0.6 is 24.8 Å². The van der Waals surface area contributed by atoms with Gasteiger partial charge < -0.3 is 25.7 Å². The van der Waals surface area contributed by atoms with Gasteiger partial charge in [0.1, 0.15) is 5.52 Å². The van der Waals surface area contributed by atoms with Crippen molar-refractivity contribution in [3.05, 3.63) is 18.2 Å². The Hall–Kier alpha value is -2.03. The summed E-state index contributed by atoms with van der Waals surface area (Å²) in [6.45, 7) is 3.55. The van der Waals surface area contributed by atoms with E-state index in [0.29, 0.717) is 22.8 Å². The number of nitrogens with one attached hydrogen (secondary N) is 2. The second-order valence-corrected chi connectivity index (χ2v) is 6.11. The molecular formula is C16H25Cl2N5O3. The van der Waals surface area contributed by atoms with E-state index < -0.39 is 6.04 Å². The van der Waals surface area contributed by atoms with Crippen LogP contribution in [-0.4, -0.2) is 43.5 Å². The van der Waals surface area contributed by atoms with Crippen molar-refractivity contribution in [2.24, 2.45) is 11.7 Å². The minimum absolute atomic E-state index is 0. The largest absolute Gasteiger partial charge is 0.423 e. The lowest BCUT2D eigenvalue weighted by Gasteiger charge is -2.15. The van der Waals surface area contributed by atoms with Crippen LogP contribution in [0, 0.1) is 5.92 Å². The summed E-state index contributed by atoms with van der Waals surface area (Å²) in [7, 11) is 3.66. The second-order valence-electron chi connectivity index (χ2n) is 6.11. The van der Waals surface area contributed by atoms with Crippen LogP contribution in [0.1, 0.15) is 13.8 Å². The summed E-state index contributed by atoms with van der Waals surface area (Å²) in [5.74, 6) is -0.675. The number of carbonyl (C=O) groups is 2. The van der Waals surface area contributed by atoms with E-state index in [9.17, 15) is 9.59 Å². The number of amides is 2. The van der Waals surface area contributed by atoms with Gasteiger partial charge in [0.2, 0.25) is 11.8 Å². The van der Waals surface area contributed by atoms with E-state index in [0.717, 1.165) is 0 Å². The number of nitrogens with two attached hydrogens (primary N) is 1. The summed E-state index contributed by atoms with van der Waals surface area (Å²) < 4.78 is 5.55. The molecule has 2 aromatic rings. The molecule has 26 heavy (non-hydrogen) atoms. The average molecular weight is 406 g/mol. The highest BCUT2D eigenvalue weighted by Crippen LogP contribution is 2.23. The molecule has 0 spiro atoms. The van der Waals surface area contributed by atoms with Crippen molar-refractivity contribution in [2.75, 3.05) is 30.9 Å². The highest BCUT2D eigenvalue weighted by Gasteiger charge is 2.17. The highest BCUT2D eigenvalue weighted by molar-refractivity contribution is 5.96. The van der Waals surface area contributed by atoms with Crippen LogP contribution in [0.4, 0.5) is 11.7 Å². The first-order chi connectivity index (χ1) is 11.3.